The Morgan fingerprint density at radius 3 is 2.45 bits per heavy atom. The lowest BCUT2D eigenvalue weighted by Gasteiger charge is -2.48. The molecule has 2 rings (SSSR count). The second-order valence-corrected chi connectivity index (χ2v) is 9.40. The zero-order chi connectivity index (χ0) is 14.8. The van der Waals surface area contributed by atoms with Crippen LogP contribution >= 0.6 is 23.5 Å². The zero-order valence-electron chi connectivity index (χ0n) is 12.4. The highest BCUT2D eigenvalue weighted by molar-refractivity contribution is 8.18. The number of hydrogen-bond donors (Lipinski definition) is 1. The molecule has 0 saturated carbocycles. The van der Waals surface area contributed by atoms with Crippen LogP contribution in [0.1, 0.15) is 33.6 Å². The van der Waals surface area contributed by atoms with E-state index in [1.54, 1.807) is 0 Å². The van der Waals surface area contributed by atoms with Crippen LogP contribution in [0.5, 0.6) is 0 Å². The first-order chi connectivity index (χ1) is 9.34. The first kappa shape index (κ1) is 16.5. The predicted octanol–water partition coefficient (Wildman–Crippen LogP) is 2.29. The van der Waals surface area contributed by atoms with Gasteiger partial charge < -0.3 is 14.6 Å². The number of hydrogen-bond acceptors (Lipinski definition) is 6. The Bertz CT molecular complexity index is 349. The number of carbonyl (C=O) groups excluding carboxylic acids is 1. The molecule has 0 aromatic heterocycles. The first-order valence-electron chi connectivity index (χ1n) is 7.02. The smallest absolute Gasteiger partial charge is 0.302 e. The van der Waals surface area contributed by atoms with Crippen molar-refractivity contribution in [2.75, 3.05) is 24.7 Å². The third-order valence-corrected chi connectivity index (χ3v) is 7.87. The van der Waals surface area contributed by atoms with E-state index < -0.39 is 0 Å². The third kappa shape index (κ3) is 4.29. The molecule has 2 saturated heterocycles. The summed E-state index contributed by atoms with van der Waals surface area (Å²) in [4.78, 5) is 11.0. The average Bonchev–Trinajstić information content (AvgIpc) is 2.40. The maximum Gasteiger partial charge on any atom is 0.302 e. The Kier molecular flexibility index (Phi) is 5.32. The fourth-order valence-corrected chi connectivity index (χ4v) is 6.08. The number of aliphatic hydroxyl groups is 1. The van der Waals surface area contributed by atoms with Gasteiger partial charge in [0.15, 0.2) is 0 Å². The highest BCUT2D eigenvalue weighted by Crippen LogP contribution is 2.55. The van der Waals surface area contributed by atoms with Crippen molar-refractivity contribution in [3.8, 4) is 0 Å². The van der Waals surface area contributed by atoms with E-state index in [9.17, 15) is 9.90 Å². The van der Waals surface area contributed by atoms with Gasteiger partial charge in [-0.25, -0.2) is 0 Å². The van der Waals surface area contributed by atoms with Gasteiger partial charge in [-0.05, 0) is 11.8 Å². The number of aliphatic hydroxyl groups excluding tert-OH is 1. The van der Waals surface area contributed by atoms with Crippen LogP contribution in [0.2, 0.25) is 0 Å². The molecule has 4 nitrogen and oxygen atoms in total. The summed E-state index contributed by atoms with van der Waals surface area (Å²) in [7, 11) is 0. The Morgan fingerprint density at radius 2 is 1.90 bits per heavy atom. The summed E-state index contributed by atoms with van der Waals surface area (Å²) in [5, 5.41) is 9.45. The van der Waals surface area contributed by atoms with E-state index in [1.807, 2.05) is 23.5 Å². The minimum absolute atomic E-state index is 0.0306. The van der Waals surface area contributed by atoms with Crippen molar-refractivity contribution in [2.24, 2.45) is 5.41 Å². The van der Waals surface area contributed by atoms with E-state index in [1.165, 1.54) is 6.92 Å². The van der Waals surface area contributed by atoms with Crippen LogP contribution in [0.3, 0.4) is 0 Å². The molecule has 0 aliphatic carbocycles. The summed E-state index contributed by atoms with van der Waals surface area (Å²) in [6.07, 6.45) is 1.49. The van der Waals surface area contributed by atoms with E-state index in [0.717, 1.165) is 24.3 Å². The first-order valence-corrected chi connectivity index (χ1v) is 8.99. The molecule has 116 valence electrons. The summed E-state index contributed by atoms with van der Waals surface area (Å²) in [6, 6.07) is 0. The van der Waals surface area contributed by atoms with Crippen molar-refractivity contribution < 1.29 is 19.4 Å². The molecule has 20 heavy (non-hydrogen) atoms. The summed E-state index contributed by atoms with van der Waals surface area (Å²) in [6.45, 7) is 6.31. The van der Waals surface area contributed by atoms with Crippen LogP contribution < -0.4 is 0 Å². The Hall–Kier alpha value is 0.0900. The van der Waals surface area contributed by atoms with E-state index >= 15 is 0 Å². The Labute approximate surface area is 129 Å². The summed E-state index contributed by atoms with van der Waals surface area (Å²) in [5.41, 5.74) is 0.360. The van der Waals surface area contributed by atoms with Gasteiger partial charge in [0.1, 0.15) is 6.61 Å². The van der Waals surface area contributed by atoms with Crippen LogP contribution in [0, 0.1) is 5.41 Å². The van der Waals surface area contributed by atoms with Gasteiger partial charge in [-0.15, -0.1) is 23.5 Å². The van der Waals surface area contributed by atoms with Crippen LogP contribution in [-0.4, -0.2) is 52.1 Å². The molecule has 0 amide bonds. The molecule has 0 bridgehead atoms. The molecule has 2 fully saturated rings. The maximum atomic E-state index is 11.0. The topological polar surface area (TPSA) is 55.8 Å². The largest absolute Gasteiger partial charge is 0.463 e. The van der Waals surface area contributed by atoms with Gasteiger partial charge in [0.2, 0.25) is 0 Å². The number of rotatable bonds is 3. The Balaban J connectivity index is 1.99. The van der Waals surface area contributed by atoms with Crippen LogP contribution in [0.25, 0.3) is 0 Å². The molecule has 0 radical (unpaired) electrons. The van der Waals surface area contributed by atoms with Crippen molar-refractivity contribution in [2.45, 2.75) is 49.9 Å². The summed E-state index contributed by atoms with van der Waals surface area (Å²) >= 11 is 3.96. The van der Waals surface area contributed by atoms with Gasteiger partial charge in [-0.3, -0.25) is 4.79 Å². The molecule has 2 heterocycles. The van der Waals surface area contributed by atoms with Gasteiger partial charge in [-0.1, -0.05) is 13.8 Å². The molecule has 0 unspecified atom stereocenters. The minimum atomic E-state index is -0.279. The van der Waals surface area contributed by atoms with Crippen LogP contribution in [0.15, 0.2) is 0 Å². The van der Waals surface area contributed by atoms with Crippen molar-refractivity contribution >= 4 is 29.5 Å². The molecular weight excluding hydrogens is 296 g/mol. The van der Waals surface area contributed by atoms with Crippen molar-refractivity contribution in [3.05, 3.63) is 0 Å². The van der Waals surface area contributed by atoms with Gasteiger partial charge in [0.25, 0.3) is 0 Å². The van der Waals surface area contributed by atoms with Crippen molar-refractivity contribution in [3.63, 3.8) is 0 Å². The van der Waals surface area contributed by atoms with Gasteiger partial charge in [0.05, 0.1) is 22.9 Å². The monoisotopic (exact) mass is 320 g/mol. The molecule has 2 aliphatic heterocycles. The second kappa shape index (κ2) is 6.46. The van der Waals surface area contributed by atoms with Crippen molar-refractivity contribution in [1.82, 2.24) is 0 Å². The predicted molar refractivity (Wildman–Crippen MR) is 83.0 cm³/mol. The SMILES string of the molecule is CC(=O)OC[C@H]1CC2(C[C@@H](CO)O1)SCC(C)(C)CS2. The van der Waals surface area contributed by atoms with Crippen LogP contribution in [0.4, 0.5) is 0 Å². The standard InChI is InChI=1S/C14H24O4S2/c1-10(16)17-7-12-5-14(4-11(6-15)18-12)19-8-13(2,3)9-20-14/h11-12,15H,4-9H2,1-3H3/t11-,12+/m0/s1. The van der Waals surface area contributed by atoms with E-state index in [2.05, 4.69) is 13.8 Å². The molecular formula is C14H24O4S2. The molecule has 0 aromatic rings. The van der Waals surface area contributed by atoms with Gasteiger partial charge >= 0.3 is 5.97 Å². The number of carbonyl (C=O) groups is 1. The minimum Gasteiger partial charge on any atom is -0.463 e. The molecule has 2 atom stereocenters. The lowest BCUT2D eigenvalue weighted by Crippen LogP contribution is -2.47. The quantitative estimate of drug-likeness (QED) is 0.805. The molecule has 1 spiro atoms. The van der Waals surface area contributed by atoms with Gasteiger partial charge in [0, 0.05) is 24.9 Å². The lowest BCUT2D eigenvalue weighted by molar-refractivity contribution is -0.151. The number of thioether (sulfide) groups is 2. The third-order valence-electron chi connectivity index (χ3n) is 3.59. The maximum absolute atomic E-state index is 11.0. The van der Waals surface area contributed by atoms with Gasteiger partial charge in [-0.2, -0.15) is 0 Å². The highest BCUT2D eigenvalue weighted by Gasteiger charge is 2.46. The van der Waals surface area contributed by atoms with Crippen molar-refractivity contribution in [1.29, 1.82) is 0 Å². The summed E-state index contributed by atoms with van der Waals surface area (Å²) in [5.74, 6) is 1.97. The molecule has 1 N–H and O–H groups in total. The summed E-state index contributed by atoms with van der Waals surface area (Å²) < 4.78 is 11.0. The fourth-order valence-electron chi connectivity index (χ4n) is 2.53. The Morgan fingerprint density at radius 1 is 1.30 bits per heavy atom. The lowest BCUT2D eigenvalue weighted by atomic mass is 9.99. The number of ether oxygens (including phenoxy) is 2. The normalized spacial score (nSPS) is 32.0. The van der Waals surface area contributed by atoms with E-state index in [-0.39, 0.29) is 35.5 Å². The second-order valence-electron chi connectivity index (χ2n) is 6.43. The molecule has 2 aliphatic rings. The molecule has 0 aromatic carbocycles. The number of esters is 1. The van der Waals surface area contributed by atoms with E-state index in [0.29, 0.717) is 5.41 Å². The fraction of sp³-hybridized carbons (Fsp3) is 0.929. The zero-order valence-corrected chi connectivity index (χ0v) is 14.0. The van der Waals surface area contributed by atoms with Crippen LogP contribution in [-0.2, 0) is 14.3 Å². The molecule has 6 heteroatoms. The van der Waals surface area contributed by atoms with E-state index in [4.69, 9.17) is 9.47 Å². The highest BCUT2D eigenvalue weighted by atomic mass is 32.2. The average molecular weight is 320 g/mol.